The first kappa shape index (κ1) is 26.8. The van der Waals surface area contributed by atoms with Crippen LogP contribution in [0, 0.1) is 5.82 Å². The van der Waals surface area contributed by atoms with Gasteiger partial charge in [0.25, 0.3) is 0 Å². The van der Waals surface area contributed by atoms with E-state index in [-0.39, 0.29) is 18.2 Å². The Kier molecular flexibility index (Phi) is 11.7. The van der Waals surface area contributed by atoms with E-state index in [4.69, 9.17) is 18.6 Å². The lowest BCUT2D eigenvalue weighted by Gasteiger charge is -2.08. The molecule has 3 rings (SSSR count). The number of hydrogen-bond acceptors (Lipinski definition) is 7. The number of halogens is 1. The molecule has 190 valence electrons. The standard InChI is InChI=1S/C27H34FNO6/c1-31-27(30)10-12-32-14-16-34-17-15-33-13-11-29-20-22-2-6-23-19-25(35-26(23)18-22)9-5-21-3-7-24(28)8-4-21/h2-4,6-8,18-19,29H,5,9-17,20H2,1H3. The van der Waals surface area contributed by atoms with E-state index in [9.17, 15) is 9.18 Å². The average Bonchev–Trinajstić information content (AvgIpc) is 3.28. The second-order valence-electron chi connectivity index (χ2n) is 8.05. The molecule has 0 aliphatic heterocycles. The van der Waals surface area contributed by atoms with Gasteiger partial charge in [-0.2, -0.15) is 0 Å². The van der Waals surface area contributed by atoms with E-state index in [1.807, 2.05) is 12.1 Å². The van der Waals surface area contributed by atoms with Crippen molar-refractivity contribution >= 4 is 16.9 Å². The molecule has 0 saturated carbocycles. The maximum Gasteiger partial charge on any atom is 0.307 e. The first-order valence-corrected chi connectivity index (χ1v) is 11.9. The van der Waals surface area contributed by atoms with Crippen molar-refractivity contribution in [3.8, 4) is 0 Å². The molecule has 0 spiro atoms. The Balaban J connectivity index is 1.23. The minimum absolute atomic E-state index is 0.216. The molecule has 0 saturated heterocycles. The van der Waals surface area contributed by atoms with Crippen LogP contribution < -0.4 is 5.32 Å². The predicted molar refractivity (Wildman–Crippen MR) is 131 cm³/mol. The number of ether oxygens (including phenoxy) is 4. The highest BCUT2D eigenvalue weighted by Gasteiger charge is 2.06. The highest BCUT2D eigenvalue weighted by atomic mass is 19.1. The number of aryl methyl sites for hydroxylation is 2. The van der Waals surface area contributed by atoms with E-state index in [1.165, 1.54) is 19.2 Å². The van der Waals surface area contributed by atoms with E-state index in [2.05, 4.69) is 34.3 Å². The number of benzene rings is 2. The lowest BCUT2D eigenvalue weighted by Crippen LogP contribution is -2.20. The third kappa shape index (κ3) is 10.2. The SMILES string of the molecule is COC(=O)CCOCCOCCOCCNCc1ccc2cc(CCc3ccc(F)cc3)oc2c1. The lowest BCUT2D eigenvalue weighted by atomic mass is 10.1. The van der Waals surface area contributed by atoms with Crippen molar-refractivity contribution in [2.75, 3.05) is 53.3 Å². The number of rotatable bonds is 17. The second kappa shape index (κ2) is 15.3. The Morgan fingerprint density at radius 3 is 2.29 bits per heavy atom. The summed E-state index contributed by atoms with van der Waals surface area (Å²) in [5, 5.41) is 4.45. The van der Waals surface area contributed by atoms with Crippen molar-refractivity contribution in [3.05, 3.63) is 71.2 Å². The third-order valence-electron chi connectivity index (χ3n) is 5.38. The van der Waals surface area contributed by atoms with Gasteiger partial charge in [0, 0.05) is 24.9 Å². The largest absolute Gasteiger partial charge is 0.469 e. The normalized spacial score (nSPS) is 11.3. The van der Waals surface area contributed by atoms with Gasteiger partial charge in [0.05, 0.1) is 53.2 Å². The average molecular weight is 488 g/mol. The summed E-state index contributed by atoms with van der Waals surface area (Å²) in [5.74, 6) is 0.433. The van der Waals surface area contributed by atoms with Crippen molar-refractivity contribution in [1.29, 1.82) is 0 Å². The fourth-order valence-corrected chi connectivity index (χ4v) is 3.46. The summed E-state index contributed by atoms with van der Waals surface area (Å²) in [6.07, 6.45) is 1.84. The van der Waals surface area contributed by atoms with Crippen molar-refractivity contribution in [1.82, 2.24) is 5.32 Å². The molecule has 1 heterocycles. The van der Waals surface area contributed by atoms with Crippen LogP contribution in [0.1, 0.15) is 23.3 Å². The first-order valence-electron chi connectivity index (χ1n) is 11.9. The molecule has 7 nitrogen and oxygen atoms in total. The molecule has 0 bridgehead atoms. The Hall–Kier alpha value is -2.78. The molecule has 0 unspecified atom stereocenters. The van der Waals surface area contributed by atoms with Crippen LogP contribution in [-0.2, 0) is 43.1 Å². The fourth-order valence-electron chi connectivity index (χ4n) is 3.46. The Morgan fingerprint density at radius 1 is 0.857 bits per heavy atom. The fraction of sp³-hybridized carbons (Fsp3) is 0.444. The number of carbonyl (C=O) groups is 1. The quantitative estimate of drug-likeness (QED) is 0.227. The molecular formula is C27H34FNO6. The molecule has 3 aromatic rings. The molecular weight excluding hydrogens is 453 g/mol. The minimum atomic E-state index is -0.279. The summed E-state index contributed by atoms with van der Waals surface area (Å²) < 4.78 is 39.8. The van der Waals surface area contributed by atoms with Gasteiger partial charge in [-0.25, -0.2) is 4.39 Å². The summed E-state index contributed by atoms with van der Waals surface area (Å²) in [7, 11) is 1.36. The number of furan rings is 1. The molecule has 8 heteroatoms. The lowest BCUT2D eigenvalue weighted by molar-refractivity contribution is -0.141. The summed E-state index contributed by atoms with van der Waals surface area (Å²) in [4.78, 5) is 10.9. The van der Waals surface area contributed by atoms with Crippen LogP contribution in [0.4, 0.5) is 4.39 Å². The Bertz CT molecular complexity index is 1020. The monoisotopic (exact) mass is 487 g/mol. The van der Waals surface area contributed by atoms with Gasteiger partial charge in [0.1, 0.15) is 17.2 Å². The topological polar surface area (TPSA) is 79.2 Å². The van der Waals surface area contributed by atoms with E-state index in [0.29, 0.717) is 39.6 Å². The number of methoxy groups -OCH3 is 1. The van der Waals surface area contributed by atoms with Crippen LogP contribution in [0.5, 0.6) is 0 Å². The van der Waals surface area contributed by atoms with E-state index in [0.717, 1.165) is 53.8 Å². The predicted octanol–water partition coefficient (Wildman–Crippen LogP) is 4.06. The first-order chi connectivity index (χ1) is 17.1. The van der Waals surface area contributed by atoms with Crippen molar-refractivity contribution in [3.63, 3.8) is 0 Å². The van der Waals surface area contributed by atoms with Crippen LogP contribution in [-0.4, -0.2) is 59.3 Å². The number of esters is 1. The van der Waals surface area contributed by atoms with Crippen LogP contribution in [0.2, 0.25) is 0 Å². The Morgan fingerprint density at radius 2 is 1.54 bits per heavy atom. The van der Waals surface area contributed by atoms with Gasteiger partial charge in [0.15, 0.2) is 0 Å². The highest BCUT2D eigenvalue weighted by Crippen LogP contribution is 2.22. The molecule has 0 fully saturated rings. The smallest absolute Gasteiger partial charge is 0.307 e. The van der Waals surface area contributed by atoms with Crippen molar-refractivity contribution < 1.29 is 32.5 Å². The van der Waals surface area contributed by atoms with Crippen LogP contribution in [0.25, 0.3) is 11.0 Å². The van der Waals surface area contributed by atoms with Crippen LogP contribution >= 0.6 is 0 Å². The summed E-state index contributed by atoms with van der Waals surface area (Å²) in [5.41, 5.74) is 3.11. The third-order valence-corrected chi connectivity index (χ3v) is 5.38. The summed E-state index contributed by atoms with van der Waals surface area (Å²) >= 11 is 0. The minimum Gasteiger partial charge on any atom is -0.469 e. The van der Waals surface area contributed by atoms with Crippen LogP contribution in [0.3, 0.4) is 0 Å². The Labute approximate surface area is 205 Å². The van der Waals surface area contributed by atoms with Gasteiger partial charge in [-0.15, -0.1) is 0 Å². The number of carbonyl (C=O) groups excluding carboxylic acids is 1. The van der Waals surface area contributed by atoms with E-state index in [1.54, 1.807) is 0 Å². The molecule has 0 aliphatic carbocycles. The second-order valence-corrected chi connectivity index (χ2v) is 8.05. The summed E-state index contributed by atoms with van der Waals surface area (Å²) in [6, 6.07) is 14.9. The highest BCUT2D eigenvalue weighted by molar-refractivity contribution is 5.78. The maximum atomic E-state index is 13.0. The van der Waals surface area contributed by atoms with Gasteiger partial charge in [0.2, 0.25) is 0 Å². The maximum absolute atomic E-state index is 13.0. The number of hydrogen-bond donors (Lipinski definition) is 1. The van der Waals surface area contributed by atoms with Gasteiger partial charge < -0.3 is 28.7 Å². The number of fused-ring (bicyclic) bond motifs is 1. The summed E-state index contributed by atoms with van der Waals surface area (Å²) in [6.45, 7) is 4.31. The van der Waals surface area contributed by atoms with Crippen molar-refractivity contribution in [2.24, 2.45) is 0 Å². The molecule has 35 heavy (non-hydrogen) atoms. The molecule has 2 aromatic carbocycles. The van der Waals surface area contributed by atoms with Gasteiger partial charge in [-0.1, -0.05) is 24.3 Å². The number of nitrogens with one attached hydrogen (secondary N) is 1. The van der Waals surface area contributed by atoms with Gasteiger partial charge >= 0.3 is 5.97 Å². The van der Waals surface area contributed by atoms with Crippen LogP contribution in [0.15, 0.2) is 52.9 Å². The molecule has 0 aliphatic rings. The van der Waals surface area contributed by atoms with E-state index >= 15 is 0 Å². The van der Waals surface area contributed by atoms with Crippen molar-refractivity contribution in [2.45, 2.75) is 25.8 Å². The zero-order valence-corrected chi connectivity index (χ0v) is 20.2. The van der Waals surface area contributed by atoms with Gasteiger partial charge in [-0.05, 0) is 41.8 Å². The zero-order valence-electron chi connectivity index (χ0n) is 20.2. The molecule has 0 amide bonds. The molecule has 1 N–H and O–H groups in total. The van der Waals surface area contributed by atoms with E-state index < -0.39 is 0 Å². The molecule has 1 aromatic heterocycles. The molecule has 0 atom stereocenters. The van der Waals surface area contributed by atoms with Gasteiger partial charge in [-0.3, -0.25) is 4.79 Å². The molecule has 0 radical (unpaired) electrons. The zero-order chi connectivity index (χ0) is 24.7.